The normalized spacial score (nSPS) is 17.0. The van der Waals surface area contributed by atoms with E-state index in [1.54, 1.807) is 26.6 Å². The molecule has 5 nitrogen and oxygen atoms in total. The topological polar surface area (TPSA) is 47.4 Å². The van der Waals surface area contributed by atoms with Crippen LogP contribution in [-0.2, 0) is 16.1 Å². The summed E-state index contributed by atoms with van der Waals surface area (Å²) in [5.41, 5.74) is 2.75. The van der Waals surface area contributed by atoms with Crippen LogP contribution in [0.4, 0.5) is 0 Å². The van der Waals surface area contributed by atoms with E-state index in [-0.39, 0.29) is 5.91 Å². The fraction of sp³-hybridized carbons (Fsp3) is 0.368. The van der Waals surface area contributed by atoms with Gasteiger partial charge in [0, 0.05) is 39.1 Å². The van der Waals surface area contributed by atoms with Gasteiger partial charge in [0.25, 0.3) is 5.91 Å². The van der Waals surface area contributed by atoms with E-state index >= 15 is 0 Å². The highest BCUT2D eigenvalue weighted by molar-refractivity contribution is 7.78. The Balaban J connectivity index is 0.000000970. The molecule has 136 valence electrons. The minimum atomic E-state index is -0.0109. The van der Waals surface area contributed by atoms with Gasteiger partial charge in [0.15, 0.2) is 0 Å². The number of piperidine rings is 1. The number of hydrogen-bond donors (Lipinski definition) is 1. The maximum Gasteiger partial charge on any atom is 0.259 e. The Kier molecular flexibility index (Phi) is 9.65. The van der Waals surface area contributed by atoms with E-state index < -0.39 is 0 Å². The second kappa shape index (κ2) is 11.5. The number of carbonyl (C=O) groups is 1. The molecule has 1 amide bonds. The predicted octanol–water partition coefficient (Wildman–Crippen LogP) is 3.52. The molecular formula is C19H27N3O2S. The number of nitrogens with zero attached hydrogens (tertiary/aromatic N) is 3. The fourth-order valence-corrected chi connectivity index (χ4v) is 2.57. The molecule has 1 fully saturated rings. The molecule has 2 heterocycles. The van der Waals surface area contributed by atoms with Crippen LogP contribution in [0.15, 0.2) is 60.6 Å². The highest BCUT2D eigenvalue weighted by Gasteiger charge is 2.20. The summed E-state index contributed by atoms with van der Waals surface area (Å²) >= 11 is 4.19. The Hall–Kier alpha value is -2.05. The number of methoxy groups -OCH3 is 1. The maximum absolute atomic E-state index is 12.1. The molecule has 6 heteroatoms. The van der Waals surface area contributed by atoms with E-state index in [1.807, 2.05) is 42.0 Å². The number of hydrogen-bond acceptors (Lipinski definition) is 4. The van der Waals surface area contributed by atoms with Crippen LogP contribution in [0, 0.1) is 6.92 Å². The highest BCUT2D eigenvalue weighted by Crippen LogP contribution is 2.20. The van der Waals surface area contributed by atoms with Crippen molar-refractivity contribution in [1.29, 1.82) is 0 Å². The number of aromatic nitrogens is 2. The second-order valence-electron chi connectivity index (χ2n) is 5.63. The molecule has 0 aliphatic carbocycles. The van der Waals surface area contributed by atoms with E-state index in [9.17, 15) is 4.79 Å². The van der Waals surface area contributed by atoms with Gasteiger partial charge in [-0.05, 0) is 31.4 Å². The average Bonchev–Trinajstić information content (AvgIpc) is 2.98. The summed E-state index contributed by atoms with van der Waals surface area (Å²) in [6, 6.07) is 0. The third kappa shape index (κ3) is 7.58. The lowest BCUT2D eigenvalue weighted by Gasteiger charge is -2.22. The fourth-order valence-electron chi connectivity index (χ4n) is 2.30. The first-order valence-corrected chi connectivity index (χ1v) is 8.50. The SMILES string of the molecule is C=C/C=C(\C=C/Cn1cnc(C)c1)/C=C1\CCCN(S)C1=O.COC. The summed E-state index contributed by atoms with van der Waals surface area (Å²) in [6.45, 7) is 7.14. The van der Waals surface area contributed by atoms with E-state index in [1.165, 1.54) is 4.31 Å². The molecule has 1 aromatic heterocycles. The van der Waals surface area contributed by atoms with Crippen LogP contribution in [0.3, 0.4) is 0 Å². The van der Waals surface area contributed by atoms with Gasteiger partial charge in [-0.1, -0.05) is 43.7 Å². The first-order chi connectivity index (χ1) is 12.0. The van der Waals surface area contributed by atoms with Gasteiger partial charge < -0.3 is 9.30 Å². The molecule has 0 bridgehead atoms. The number of allylic oxidation sites excluding steroid dienone is 6. The van der Waals surface area contributed by atoms with Crippen LogP contribution in [0.1, 0.15) is 18.5 Å². The van der Waals surface area contributed by atoms with Crippen LogP contribution in [0.25, 0.3) is 0 Å². The van der Waals surface area contributed by atoms with Crippen molar-refractivity contribution in [3.63, 3.8) is 0 Å². The van der Waals surface area contributed by atoms with Gasteiger partial charge in [-0.25, -0.2) is 4.98 Å². The minimum Gasteiger partial charge on any atom is -0.388 e. The van der Waals surface area contributed by atoms with Crippen molar-refractivity contribution in [2.45, 2.75) is 26.3 Å². The van der Waals surface area contributed by atoms with Crippen molar-refractivity contribution in [3.05, 3.63) is 66.3 Å². The Bertz CT molecular complexity index is 659. The minimum absolute atomic E-state index is 0.0109. The van der Waals surface area contributed by atoms with Crippen LogP contribution >= 0.6 is 12.8 Å². The average molecular weight is 362 g/mol. The van der Waals surface area contributed by atoms with E-state index in [0.717, 1.165) is 36.2 Å². The summed E-state index contributed by atoms with van der Waals surface area (Å²) in [5.74, 6) is -0.0109. The molecule has 0 saturated carbocycles. The number of rotatable bonds is 5. The van der Waals surface area contributed by atoms with Gasteiger partial charge in [0.2, 0.25) is 0 Å². The van der Waals surface area contributed by atoms with Crippen LogP contribution in [-0.4, -0.2) is 40.5 Å². The summed E-state index contributed by atoms with van der Waals surface area (Å²) in [7, 11) is 3.25. The lowest BCUT2D eigenvalue weighted by molar-refractivity contribution is -0.123. The first-order valence-electron chi connectivity index (χ1n) is 8.10. The molecule has 1 aromatic rings. The van der Waals surface area contributed by atoms with Crippen molar-refractivity contribution in [2.24, 2.45) is 0 Å². The zero-order valence-electron chi connectivity index (χ0n) is 15.2. The number of thiol groups is 1. The van der Waals surface area contributed by atoms with Gasteiger partial charge in [-0.3, -0.25) is 9.10 Å². The monoisotopic (exact) mass is 361 g/mol. The zero-order valence-corrected chi connectivity index (χ0v) is 16.1. The second-order valence-corrected chi connectivity index (χ2v) is 6.11. The number of carbonyl (C=O) groups excluding carboxylic acids is 1. The Morgan fingerprint density at radius 3 is 2.80 bits per heavy atom. The van der Waals surface area contributed by atoms with E-state index in [2.05, 4.69) is 29.1 Å². The van der Waals surface area contributed by atoms with Crippen LogP contribution in [0.2, 0.25) is 0 Å². The number of amides is 1. The summed E-state index contributed by atoms with van der Waals surface area (Å²) in [6.07, 6.45) is 15.1. The highest BCUT2D eigenvalue weighted by atomic mass is 32.1. The van der Waals surface area contributed by atoms with Crippen LogP contribution in [0.5, 0.6) is 0 Å². The molecule has 0 unspecified atom stereocenters. The summed E-state index contributed by atoms with van der Waals surface area (Å²) in [5, 5.41) is 0. The van der Waals surface area contributed by atoms with E-state index in [0.29, 0.717) is 6.54 Å². The molecule has 0 spiro atoms. The van der Waals surface area contributed by atoms with Gasteiger partial charge in [-0.2, -0.15) is 0 Å². The summed E-state index contributed by atoms with van der Waals surface area (Å²) < 4.78 is 7.73. The van der Waals surface area contributed by atoms with Gasteiger partial charge in [-0.15, -0.1) is 0 Å². The smallest absolute Gasteiger partial charge is 0.259 e. The third-order valence-corrected chi connectivity index (χ3v) is 3.75. The largest absolute Gasteiger partial charge is 0.388 e. The molecule has 0 atom stereocenters. The van der Waals surface area contributed by atoms with Crippen molar-refractivity contribution in [3.8, 4) is 0 Å². The maximum atomic E-state index is 12.1. The zero-order chi connectivity index (χ0) is 18.7. The molecular weight excluding hydrogens is 334 g/mol. The Labute approximate surface area is 155 Å². The number of imidazole rings is 1. The van der Waals surface area contributed by atoms with Gasteiger partial charge in [0.1, 0.15) is 0 Å². The summed E-state index contributed by atoms with van der Waals surface area (Å²) in [4.78, 5) is 16.2. The molecule has 1 aliphatic heterocycles. The third-order valence-electron chi connectivity index (χ3n) is 3.37. The lowest BCUT2D eigenvalue weighted by Crippen LogP contribution is -2.29. The molecule has 2 rings (SSSR count). The van der Waals surface area contributed by atoms with Crippen molar-refractivity contribution in [1.82, 2.24) is 13.9 Å². The van der Waals surface area contributed by atoms with Crippen LogP contribution < -0.4 is 0 Å². The molecule has 1 aliphatic rings. The molecule has 1 saturated heterocycles. The van der Waals surface area contributed by atoms with E-state index in [4.69, 9.17) is 0 Å². The molecule has 0 aromatic carbocycles. The molecule has 25 heavy (non-hydrogen) atoms. The molecule has 0 radical (unpaired) electrons. The lowest BCUT2D eigenvalue weighted by atomic mass is 10.0. The molecule has 0 N–H and O–H groups in total. The standard InChI is InChI=1S/C17H21N3OS.C2H6O/c1-3-6-15(7-4-9-19-12-14(2)18-13-19)11-16-8-5-10-20(22)17(16)21;1-3-2/h3-4,6-7,11-13,22H,1,5,8-10H2,2H3;1-2H3/b7-4-,15-6+,16-11+;. The van der Waals surface area contributed by atoms with Gasteiger partial charge >= 0.3 is 0 Å². The Morgan fingerprint density at radius 2 is 2.20 bits per heavy atom. The van der Waals surface area contributed by atoms with Crippen molar-refractivity contribution in [2.75, 3.05) is 20.8 Å². The van der Waals surface area contributed by atoms with Crippen molar-refractivity contribution < 1.29 is 9.53 Å². The quantitative estimate of drug-likeness (QED) is 0.496. The van der Waals surface area contributed by atoms with Crippen molar-refractivity contribution >= 4 is 18.7 Å². The number of ether oxygens (including phenoxy) is 1. The number of aryl methyl sites for hydroxylation is 1. The first kappa shape index (κ1) is 21.0. The Morgan fingerprint density at radius 1 is 1.48 bits per heavy atom. The predicted molar refractivity (Wildman–Crippen MR) is 105 cm³/mol. The van der Waals surface area contributed by atoms with Gasteiger partial charge in [0.05, 0.1) is 12.0 Å².